The van der Waals surface area contributed by atoms with Gasteiger partial charge in [0.25, 0.3) is 5.89 Å². The lowest BCUT2D eigenvalue weighted by Crippen LogP contribution is -2.23. The maximum atomic E-state index is 5.92. The molecule has 1 aliphatic heterocycles. The van der Waals surface area contributed by atoms with E-state index in [1.165, 1.54) is 5.56 Å². The Kier molecular flexibility index (Phi) is 4.06. The van der Waals surface area contributed by atoms with Crippen molar-refractivity contribution in [2.24, 2.45) is 0 Å². The first-order valence-corrected chi connectivity index (χ1v) is 9.04. The summed E-state index contributed by atoms with van der Waals surface area (Å²) in [5.74, 6) is 1.07. The number of nitrogens with zero attached hydrogens (tertiary/aromatic N) is 6. The quantitative estimate of drug-likeness (QED) is 0.553. The van der Waals surface area contributed by atoms with Crippen molar-refractivity contribution in [2.45, 2.75) is 25.4 Å². The lowest BCUT2D eigenvalue weighted by Gasteiger charge is -2.21. The van der Waals surface area contributed by atoms with Gasteiger partial charge in [0, 0.05) is 30.5 Å². The molecule has 1 fully saturated rings. The van der Waals surface area contributed by atoms with E-state index in [0.717, 1.165) is 36.8 Å². The van der Waals surface area contributed by atoms with Gasteiger partial charge < -0.3 is 4.42 Å². The van der Waals surface area contributed by atoms with E-state index in [1.807, 2.05) is 12.3 Å². The highest BCUT2D eigenvalue weighted by molar-refractivity contribution is 5.78. The molecule has 0 aliphatic carbocycles. The van der Waals surface area contributed by atoms with E-state index < -0.39 is 0 Å². The third-order valence-corrected chi connectivity index (χ3v) is 4.92. The fourth-order valence-electron chi connectivity index (χ4n) is 3.64. The molecule has 27 heavy (non-hydrogen) atoms. The van der Waals surface area contributed by atoms with Crippen molar-refractivity contribution in [1.29, 1.82) is 0 Å². The Bertz CT molecular complexity index is 1060. The molecule has 5 rings (SSSR count). The number of hydrogen-bond acceptors (Lipinski definition) is 7. The van der Waals surface area contributed by atoms with Crippen LogP contribution in [0.25, 0.3) is 22.5 Å². The number of benzene rings is 1. The number of likely N-dealkylation sites (tertiary alicyclic amines) is 1. The molecule has 0 bridgehead atoms. The predicted molar refractivity (Wildman–Crippen MR) is 99.5 cm³/mol. The van der Waals surface area contributed by atoms with Crippen LogP contribution in [-0.2, 0) is 6.54 Å². The Hall–Kier alpha value is -3.19. The van der Waals surface area contributed by atoms with Crippen LogP contribution >= 0.6 is 0 Å². The van der Waals surface area contributed by atoms with Crippen molar-refractivity contribution in [3.63, 3.8) is 0 Å². The van der Waals surface area contributed by atoms with E-state index in [2.05, 4.69) is 54.3 Å². The van der Waals surface area contributed by atoms with E-state index in [4.69, 9.17) is 4.42 Å². The first-order chi connectivity index (χ1) is 13.4. The summed E-state index contributed by atoms with van der Waals surface area (Å²) < 4.78 is 5.92. The molecule has 0 radical (unpaired) electrons. The van der Waals surface area contributed by atoms with Crippen LogP contribution in [-0.4, -0.2) is 36.6 Å². The zero-order valence-electron chi connectivity index (χ0n) is 14.7. The summed E-state index contributed by atoms with van der Waals surface area (Å²) in [4.78, 5) is 15.1. The zero-order chi connectivity index (χ0) is 18.1. The molecule has 3 aromatic heterocycles. The number of fused-ring (bicyclic) bond motifs is 1. The van der Waals surface area contributed by atoms with Crippen LogP contribution in [0.15, 0.2) is 59.5 Å². The number of pyridine rings is 1. The van der Waals surface area contributed by atoms with Crippen molar-refractivity contribution in [2.75, 3.05) is 6.54 Å². The molecule has 1 aromatic carbocycles. The second-order valence-electron chi connectivity index (χ2n) is 6.70. The summed E-state index contributed by atoms with van der Waals surface area (Å²) in [6.07, 6.45) is 8.82. The monoisotopic (exact) mass is 358 g/mol. The van der Waals surface area contributed by atoms with Crippen LogP contribution in [0, 0.1) is 0 Å². The van der Waals surface area contributed by atoms with Crippen LogP contribution in [0.4, 0.5) is 0 Å². The van der Waals surface area contributed by atoms with Crippen LogP contribution in [0.1, 0.15) is 30.3 Å². The Labute approximate surface area is 156 Å². The minimum Gasteiger partial charge on any atom is -0.417 e. The van der Waals surface area contributed by atoms with Gasteiger partial charge in [-0.05, 0) is 43.1 Å². The summed E-state index contributed by atoms with van der Waals surface area (Å²) in [5, 5.41) is 9.60. The largest absolute Gasteiger partial charge is 0.417 e. The van der Waals surface area contributed by atoms with Gasteiger partial charge in [-0.2, -0.15) is 0 Å². The molecule has 4 aromatic rings. The third kappa shape index (κ3) is 3.17. The summed E-state index contributed by atoms with van der Waals surface area (Å²) in [7, 11) is 0. The molecule has 0 N–H and O–H groups in total. The van der Waals surface area contributed by atoms with Gasteiger partial charge in [-0.1, -0.05) is 12.1 Å². The molecule has 7 nitrogen and oxygen atoms in total. The molecule has 0 amide bonds. The van der Waals surface area contributed by atoms with E-state index in [-0.39, 0.29) is 6.04 Å². The first-order valence-electron chi connectivity index (χ1n) is 9.04. The van der Waals surface area contributed by atoms with Crippen LogP contribution in [0.2, 0.25) is 0 Å². The van der Waals surface area contributed by atoms with Gasteiger partial charge in [-0.15, -0.1) is 10.2 Å². The first kappa shape index (κ1) is 16.0. The standard InChI is InChI=1S/C20H18N6O/c1-3-15-11-14(5-6-16(15)22-7-1)13-26-10-2-4-18(26)20-25-24-19(27-20)17-12-21-8-9-23-17/h1,3,5-9,11-12,18H,2,4,10,13H2/t18-/m1/s1. The van der Waals surface area contributed by atoms with Gasteiger partial charge >= 0.3 is 0 Å². The van der Waals surface area contributed by atoms with Crippen molar-refractivity contribution in [1.82, 2.24) is 30.0 Å². The Morgan fingerprint density at radius 2 is 2.07 bits per heavy atom. The summed E-state index contributed by atoms with van der Waals surface area (Å²) in [6.45, 7) is 1.86. The van der Waals surface area contributed by atoms with Crippen LogP contribution in [0.5, 0.6) is 0 Å². The molecule has 1 atom stereocenters. The number of hydrogen-bond donors (Lipinski definition) is 0. The molecule has 134 valence electrons. The molecule has 0 unspecified atom stereocenters. The SMILES string of the molecule is c1cnc2ccc(CN3CCC[C@@H]3c3nnc(-c4cnccn4)o3)cc2c1. The van der Waals surface area contributed by atoms with E-state index >= 15 is 0 Å². The third-order valence-electron chi connectivity index (χ3n) is 4.92. The molecular formula is C20H18N6O. The zero-order valence-corrected chi connectivity index (χ0v) is 14.7. The lowest BCUT2D eigenvalue weighted by molar-refractivity contribution is 0.215. The molecule has 7 heteroatoms. The fraction of sp³-hybridized carbons (Fsp3) is 0.250. The van der Waals surface area contributed by atoms with Crippen LogP contribution in [0.3, 0.4) is 0 Å². The topological polar surface area (TPSA) is 80.8 Å². The Balaban J connectivity index is 1.38. The highest BCUT2D eigenvalue weighted by Crippen LogP contribution is 2.33. The van der Waals surface area contributed by atoms with Gasteiger partial charge in [0.2, 0.25) is 5.89 Å². The average Bonchev–Trinajstić information content (AvgIpc) is 3.38. The number of aromatic nitrogens is 5. The van der Waals surface area contributed by atoms with Crippen molar-refractivity contribution in [3.05, 3.63) is 66.6 Å². The highest BCUT2D eigenvalue weighted by Gasteiger charge is 2.30. The maximum absolute atomic E-state index is 5.92. The summed E-state index contributed by atoms with van der Waals surface area (Å²) in [6, 6.07) is 10.6. The molecule has 0 spiro atoms. The van der Waals surface area contributed by atoms with Gasteiger partial charge in [-0.3, -0.25) is 14.9 Å². The maximum Gasteiger partial charge on any atom is 0.267 e. The number of rotatable bonds is 4. The normalized spacial score (nSPS) is 17.6. The molecule has 1 aliphatic rings. The summed E-state index contributed by atoms with van der Waals surface area (Å²) >= 11 is 0. The van der Waals surface area contributed by atoms with Gasteiger partial charge in [0.15, 0.2) is 0 Å². The molecule has 4 heterocycles. The second kappa shape index (κ2) is 6.85. The van der Waals surface area contributed by atoms with Crippen molar-refractivity contribution >= 4 is 10.9 Å². The average molecular weight is 358 g/mol. The van der Waals surface area contributed by atoms with Gasteiger partial charge in [-0.25, -0.2) is 4.98 Å². The fourth-order valence-corrected chi connectivity index (χ4v) is 3.64. The minimum absolute atomic E-state index is 0.132. The molecular weight excluding hydrogens is 340 g/mol. The van der Waals surface area contributed by atoms with E-state index in [0.29, 0.717) is 17.5 Å². The Morgan fingerprint density at radius 3 is 3.00 bits per heavy atom. The minimum atomic E-state index is 0.132. The second-order valence-corrected chi connectivity index (χ2v) is 6.70. The molecule has 0 saturated carbocycles. The predicted octanol–water partition coefficient (Wildman–Crippen LogP) is 3.41. The van der Waals surface area contributed by atoms with Crippen molar-refractivity contribution in [3.8, 4) is 11.6 Å². The highest BCUT2D eigenvalue weighted by atomic mass is 16.4. The summed E-state index contributed by atoms with van der Waals surface area (Å²) in [5.41, 5.74) is 2.88. The smallest absolute Gasteiger partial charge is 0.267 e. The van der Waals surface area contributed by atoms with Crippen LogP contribution < -0.4 is 0 Å². The van der Waals surface area contributed by atoms with Gasteiger partial charge in [0.05, 0.1) is 17.8 Å². The van der Waals surface area contributed by atoms with E-state index in [9.17, 15) is 0 Å². The molecule has 1 saturated heterocycles. The Morgan fingerprint density at radius 1 is 1.07 bits per heavy atom. The van der Waals surface area contributed by atoms with Crippen molar-refractivity contribution < 1.29 is 4.42 Å². The van der Waals surface area contributed by atoms with E-state index in [1.54, 1.807) is 18.6 Å². The lowest BCUT2D eigenvalue weighted by atomic mass is 10.1. The van der Waals surface area contributed by atoms with Gasteiger partial charge in [0.1, 0.15) is 5.69 Å².